The van der Waals surface area contributed by atoms with Crippen molar-refractivity contribution in [1.29, 1.82) is 0 Å². The van der Waals surface area contributed by atoms with Gasteiger partial charge in [-0.25, -0.2) is 0 Å². The molecule has 0 aromatic heterocycles. The van der Waals surface area contributed by atoms with Gasteiger partial charge in [-0.2, -0.15) is 0 Å². The van der Waals surface area contributed by atoms with Gasteiger partial charge in [-0.15, -0.1) is 11.8 Å². The SMILES string of the molecule is CCC1CCCC(C(CSc2cccc(Cl)c2)NC)C1. The third kappa shape index (κ3) is 4.68. The molecule has 0 spiro atoms. The predicted octanol–water partition coefficient (Wildman–Crippen LogP) is 5.24. The van der Waals surface area contributed by atoms with E-state index in [1.165, 1.54) is 37.0 Å². The van der Waals surface area contributed by atoms with Crippen molar-refractivity contribution in [3.8, 4) is 0 Å². The monoisotopic (exact) mass is 311 g/mol. The van der Waals surface area contributed by atoms with E-state index < -0.39 is 0 Å². The third-order valence-corrected chi connectivity index (χ3v) is 5.91. The number of rotatable bonds is 6. The zero-order valence-electron chi connectivity index (χ0n) is 12.6. The van der Waals surface area contributed by atoms with Gasteiger partial charge in [0.1, 0.15) is 0 Å². The van der Waals surface area contributed by atoms with Gasteiger partial charge in [0, 0.05) is 21.7 Å². The van der Waals surface area contributed by atoms with E-state index in [4.69, 9.17) is 11.6 Å². The Labute approximate surface area is 132 Å². The van der Waals surface area contributed by atoms with E-state index >= 15 is 0 Å². The molecule has 0 bridgehead atoms. The molecule has 1 nitrogen and oxygen atoms in total. The van der Waals surface area contributed by atoms with Crippen molar-refractivity contribution in [2.75, 3.05) is 12.8 Å². The molecule has 0 amide bonds. The quantitative estimate of drug-likeness (QED) is 0.721. The van der Waals surface area contributed by atoms with Crippen molar-refractivity contribution in [3.63, 3.8) is 0 Å². The van der Waals surface area contributed by atoms with Gasteiger partial charge < -0.3 is 5.32 Å². The first-order valence-electron chi connectivity index (χ1n) is 7.78. The number of hydrogen-bond acceptors (Lipinski definition) is 2. The lowest BCUT2D eigenvalue weighted by Gasteiger charge is -2.34. The number of thioether (sulfide) groups is 1. The molecule has 1 saturated carbocycles. The summed E-state index contributed by atoms with van der Waals surface area (Å²) in [6.07, 6.45) is 6.97. The number of hydrogen-bond donors (Lipinski definition) is 1. The Morgan fingerprint density at radius 1 is 1.40 bits per heavy atom. The Morgan fingerprint density at radius 2 is 2.25 bits per heavy atom. The fraction of sp³-hybridized carbons (Fsp3) is 0.647. The van der Waals surface area contributed by atoms with E-state index in [2.05, 4.69) is 31.4 Å². The van der Waals surface area contributed by atoms with Crippen LogP contribution < -0.4 is 5.32 Å². The number of halogens is 1. The molecule has 1 N–H and O–H groups in total. The predicted molar refractivity (Wildman–Crippen MR) is 90.8 cm³/mol. The maximum Gasteiger partial charge on any atom is 0.0417 e. The second kappa shape index (κ2) is 8.31. The average molecular weight is 312 g/mol. The Hall–Kier alpha value is -0.180. The third-order valence-electron chi connectivity index (χ3n) is 4.57. The summed E-state index contributed by atoms with van der Waals surface area (Å²) in [5, 5.41) is 4.38. The molecule has 112 valence electrons. The van der Waals surface area contributed by atoms with E-state index in [0.717, 1.165) is 22.6 Å². The molecule has 0 aliphatic heterocycles. The van der Waals surface area contributed by atoms with Crippen molar-refractivity contribution < 1.29 is 0 Å². The van der Waals surface area contributed by atoms with Gasteiger partial charge in [0.05, 0.1) is 0 Å². The standard InChI is InChI=1S/C17H26ClNS/c1-3-13-6-4-7-14(10-13)17(19-2)12-20-16-9-5-8-15(18)11-16/h5,8-9,11,13-14,17,19H,3-4,6-7,10,12H2,1-2H3. The van der Waals surface area contributed by atoms with Gasteiger partial charge in [-0.1, -0.05) is 43.9 Å². The van der Waals surface area contributed by atoms with Crippen LogP contribution in [0, 0.1) is 11.8 Å². The minimum atomic E-state index is 0.619. The van der Waals surface area contributed by atoms with Crippen LogP contribution >= 0.6 is 23.4 Å². The molecular weight excluding hydrogens is 286 g/mol. The Kier molecular flexibility index (Phi) is 6.73. The topological polar surface area (TPSA) is 12.0 Å². The van der Waals surface area contributed by atoms with Crippen LogP contribution in [-0.4, -0.2) is 18.8 Å². The average Bonchev–Trinajstić information content (AvgIpc) is 2.48. The second-order valence-electron chi connectivity index (χ2n) is 5.86. The molecule has 0 heterocycles. The van der Waals surface area contributed by atoms with E-state index in [9.17, 15) is 0 Å². The zero-order chi connectivity index (χ0) is 14.4. The zero-order valence-corrected chi connectivity index (χ0v) is 14.1. The molecule has 3 heteroatoms. The first kappa shape index (κ1) is 16.2. The van der Waals surface area contributed by atoms with E-state index in [-0.39, 0.29) is 0 Å². The summed E-state index contributed by atoms with van der Waals surface area (Å²) in [5.41, 5.74) is 0. The molecule has 20 heavy (non-hydrogen) atoms. The highest BCUT2D eigenvalue weighted by molar-refractivity contribution is 7.99. The van der Waals surface area contributed by atoms with Gasteiger partial charge in [0.15, 0.2) is 0 Å². The summed E-state index contributed by atoms with van der Waals surface area (Å²) < 4.78 is 0. The molecule has 3 unspecified atom stereocenters. The van der Waals surface area contributed by atoms with Crippen LogP contribution in [-0.2, 0) is 0 Å². The van der Waals surface area contributed by atoms with Gasteiger partial charge in [-0.3, -0.25) is 0 Å². The highest BCUT2D eigenvalue weighted by Gasteiger charge is 2.26. The summed E-state index contributed by atoms with van der Waals surface area (Å²) in [6.45, 7) is 2.34. The molecule has 1 aliphatic rings. The van der Waals surface area contributed by atoms with Crippen LogP contribution in [0.1, 0.15) is 39.0 Å². The lowest BCUT2D eigenvalue weighted by Crippen LogP contribution is -2.38. The van der Waals surface area contributed by atoms with Gasteiger partial charge >= 0.3 is 0 Å². The lowest BCUT2D eigenvalue weighted by molar-refractivity contribution is 0.223. The van der Waals surface area contributed by atoms with Crippen LogP contribution in [0.3, 0.4) is 0 Å². The maximum absolute atomic E-state index is 6.05. The first-order chi connectivity index (χ1) is 9.72. The minimum absolute atomic E-state index is 0.619. The normalized spacial score (nSPS) is 24.6. The fourth-order valence-corrected chi connectivity index (χ4v) is 4.72. The van der Waals surface area contributed by atoms with Crippen LogP contribution in [0.5, 0.6) is 0 Å². The van der Waals surface area contributed by atoms with Gasteiger partial charge in [0.2, 0.25) is 0 Å². The van der Waals surface area contributed by atoms with E-state index in [0.29, 0.717) is 6.04 Å². The molecule has 1 aromatic carbocycles. The maximum atomic E-state index is 6.05. The minimum Gasteiger partial charge on any atom is -0.316 e. The van der Waals surface area contributed by atoms with Crippen molar-refractivity contribution >= 4 is 23.4 Å². The Bertz CT molecular complexity index is 410. The van der Waals surface area contributed by atoms with Crippen molar-refractivity contribution in [1.82, 2.24) is 5.32 Å². The molecule has 1 aliphatic carbocycles. The van der Waals surface area contributed by atoms with Crippen molar-refractivity contribution in [2.45, 2.75) is 50.0 Å². The molecular formula is C17H26ClNS. The van der Waals surface area contributed by atoms with Gasteiger partial charge in [-0.05, 0) is 49.9 Å². The molecule has 0 saturated heterocycles. The summed E-state index contributed by atoms with van der Waals surface area (Å²) in [5.74, 6) is 2.92. The molecule has 0 radical (unpaired) electrons. The summed E-state index contributed by atoms with van der Waals surface area (Å²) >= 11 is 7.97. The Morgan fingerprint density at radius 3 is 2.95 bits per heavy atom. The van der Waals surface area contributed by atoms with Crippen LogP contribution in [0.4, 0.5) is 0 Å². The molecule has 1 aromatic rings. The second-order valence-corrected chi connectivity index (χ2v) is 7.39. The van der Waals surface area contributed by atoms with Crippen molar-refractivity contribution in [2.24, 2.45) is 11.8 Å². The molecule has 2 rings (SSSR count). The highest BCUT2D eigenvalue weighted by Crippen LogP contribution is 2.34. The van der Waals surface area contributed by atoms with Crippen LogP contribution in [0.15, 0.2) is 29.2 Å². The largest absolute Gasteiger partial charge is 0.316 e. The summed E-state index contributed by atoms with van der Waals surface area (Å²) in [4.78, 5) is 1.28. The number of nitrogens with one attached hydrogen (secondary N) is 1. The highest BCUT2D eigenvalue weighted by atomic mass is 35.5. The van der Waals surface area contributed by atoms with E-state index in [1.54, 1.807) is 0 Å². The summed E-state index contributed by atoms with van der Waals surface area (Å²) in [6, 6.07) is 8.81. The lowest BCUT2D eigenvalue weighted by atomic mass is 9.77. The van der Waals surface area contributed by atoms with Crippen molar-refractivity contribution in [3.05, 3.63) is 29.3 Å². The smallest absolute Gasteiger partial charge is 0.0417 e. The first-order valence-corrected chi connectivity index (χ1v) is 9.15. The van der Waals surface area contributed by atoms with Gasteiger partial charge in [0.25, 0.3) is 0 Å². The molecule has 3 atom stereocenters. The van der Waals surface area contributed by atoms with Crippen LogP contribution in [0.2, 0.25) is 5.02 Å². The van der Waals surface area contributed by atoms with E-state index in [1.807, 2.05) is 23.9 Å². The summed E-state index contributed by atoms with van der Waals surface area (Å²) in [7, 11) is 2.11. The van der Waals surface area contributed by atoms with Crippen LogP contribution in [0.25, 0.3) is 0 Å². The number of benzene rings is 1. The fourth-order valence-electron chi connectivity index (χ4n) is 3.27. The Balaban J connectivity index is 1.88. The molecule has 1 fully saturated rings.